The van der Waals surface area contributed by atoms with E-state index < -0.39 is 5.54 Å². The van der Waals surface area contributed by atoms with Crippen LogP contribution in [0.4, 0.5) is 0 Å². The Morgan fingerprint density at radius 3 is 2.59 bits per heavy atom. The van der Waals surface area contributed by atoms with Crippen molar-refractivity contribution in [2.45, 2.75) is 64.5 Å². The predicted octanol–water partition coefficient (Wildman–Crippen LogP) is 1.51. The van der Waals surface area contributed by atoms with Crippen molar-refractivity contribution in [3.05, 3.63) is 0 Å². The fraction of sp³-hybridized carbons (Fsp3) is 0.941. The smallest absolute Gasteiger partial charge is 0.240 e. The first kappa shape index (κ1) is 17.7. The highest BCUT2D eigenvalue weighted by molar-refractivity contribution is 5.88. The third-order valence-corrected chi connectivity index (χ3v) is 5.62. The molecule has 5 heteroatoms. The van der Waals surface area contributed by atoms with Gasteiger partial charge in [0.25, 0.3) is 0 Å². The topological polar surface area (TPSA) is 67.6 Å². The molecule has 1 heterocycles. The van der Waals surface area contributed by atoms with Gasteiger partial charge in [-0.2, -0.15) is 0 Å². The number of nitrogens with one attached hydrogen (secondary N) is 1. The van der Waals surface area contributed by atoms with Crippen molar-refractivity contribution in [3.63, 3.8) is 0 Å². The number of carbonyl (C=O) groups is 1. The lowest BCUT2D eigenvalue weighted by Gasteiger charge is -2.57. The van der Waals surface area contributed by atoms with E-state index in [1.54, 1.807) is 0 Å². The number of ether oxygens (including phenoxy) is 1. The zero-order chi connectivity index (χ0) is 16.2. The van der Waals surface area contributed by atoms with Crippen LogP contribution < -0.4 is 11.1 Å². The third-order valence-electron chi connectivity index (χ3n) is 5.62. The quantitative estimate of drug-likeness (QED) is 0.699. The van der Waals surface area contributed by atoms with E-state index in [-0.39, 0.29) is 17.4 Å². The summed E-state index contributed by atoms with van der Waals surface area (Å²) in [4.78, 5) is 15.0. The van der Waals surface area contributed by atoms with Crippen molar-refractivity contribution in [1.29, 1.82) is 0 Å². The number of nitrogens with zero attached hydrogens (tertiary/aromatic N) is 1. The second kappa shape index (κ2) is 7.28. The summed E-state index contributed by atoms with van der Waals surface area (Å²) in [6, 6.07) is 0. The van der Waals surface area contributed by atoms with Crippen molar-refractivity contribution < 1.29 is 9.53 Å². The molecule has 2 fully saturated rings. The summed E-state index contributed by atoms with van der Waals surface area (Å²) in [6.07, 6.45) is 5.68. The molecule has 2 aliphatic rings. The largest absolute Gasteiger partial charge is 0.378 e. The lowest BCUT2D eigenvalue weighted by molar-refractivity contribution is -0.170. The number of rotatable bonds is 7. The number of hydrogen-bond donors (Lipinski definition) is 2. The Balaban J connectivity index is 1.70. The Labute approximate surface area is 134 Å². The van der Waals surface area contributed by atoms with Crippen LogP contribution in [0.3, 0.4) is 0 Å². The Bertz CT molecular complexity index is 380. The first-order valence-corrected chi connectivity index (χ1v) is 8.83. The van der Waals surface area contributed by atoms with Gasteiger partial charge in [-0.1, -0.05) is 20.3 Å². The molecule has 0 radical (unpaired) electrons. The lowest BCUT2D eigenvalue weighted by Crippen LogP contribution is -2.75. The van der Waals surface area contributed by atoms with Crippen LogP contribution >= 0.6 is 0 Å². The van der Waals surface area contributed by atoms with Crippen molar-refractivity contribution in [2.24, 2.45) is 11.1 Å². The Kier molecular flexibility index (Phi) is 5.86. The maximum absolute atomic E-state index is 12.5. The third kappa shape index (κ3) is 3.47. The average Bonchev–Trinajstić information content (AvgIpc) is 2.52. The van der Waals surface area contributed by atoms with Gasteiger partial charge in [-0.05, 0) is 45.8 Å². The molecule has 1 amide bonds. The van der Waals surface area contributed by atoms with Gasteiger partial charge in [0.2, 0.25) is 5.91 Å². The highest BCUT2D eigenvalue weighted by Gasteiger charge is 2.62. The van der Waals surface area contributed by atoms with E-state index in [4.69, 9.17) is 10.5 Å². The number of nitrogens with two attached hydrogens (primary N) is 1. The maximum atomic E-state index is 12.5. The summed E-state index contributed by atoms with van der Waals surface area (Å²) in [5, 5.41) is 3.04. The molecule has 22 heavy (non-hydrogen) atoms. The molecule has 2 atom stereocenters. The molecule has 0 aromatic rings. The summed E-state index contributed by atoms with van der Waals surface area (Å²) in [5.41, 5.74) is 5.27. The van der Waals surface area contributed by atoms with Crippen LogP contribution in [-0.4, -0.2) is 55.2 Å². The molecular formula is C17H33N3O2. The Morgan fingerprint density at radius 1 is 1.32 bits per heavy atom. The summed E-state index contributed by atoms with van der Waals surface area (Å²) in [5.74, 6) is -0.0212. The normalized spacial score (nSPS) is 31.5. The number of piperidine rings is 1. The molecule has 0 spiro atoms. The molecule has 0 aromatic heterocycles. The van der Waals surface area contributed by atoms with Gasteiger partial charge in [-0.3, -0.25) is 4.79 Å². The van der Waals surface area contributed by atoms with Gasteiger partial charge in [0, 0.05) is 25.0 Å². The van der Waals surface area contributed by atoms with Crippen molar-refractivity contribution >= 4 is 5.91 Å². The zero-order valence-electron chi connectivity index (χ0n) is 14.5. The van der Waals surface area contributed by atoms with E-state index in [1.807, 2.05) is 20.8 Å². The van der Waals surface area contributed by atoms with Gasteiger partial charge in [-0.25, -0.2) is 0 Å². The average molecular weight is 311 g/mol. The Morgan fingerprint density at radius 2 is 2.00 bits per heavy atom. The molecule has 5 nitrogen and oxygen atoms in total. The van der Waals surface area contributed by atoms with Crippen molar-refractivity contribution in [3.8, 4) is 0 Å². The molecule has 0 bridgehead atoms. The van der Waals surface area contributed by atoms with Crippen LogP contribution in [-0.2, 0) is 9.53 Å². The summed E-state index contributed by atoms with van der Waals surface area (Å²) in [6.45, 7) is 10.9. The van der Waals surface area contributed by atoms with E-state index in [2.05, 4.69) is 10.2 Å². The molecule has 1 aliphatic carbocycles. The molecule has 1 aliphatic heterocycles. The van der Waals surface area contributed by atoms with Crippen molar-refractivity contribution in [2.75, 3.05) is 32.8 Å². The first-order valence-electron chi connectivity index (χ1n) is 8.83. The minimum Gasteiger partial charge on any atom is -0.378 e. The van der Waals surface area contributed by atoms with Crippen LogP contribution in [0.25, 0.3) is 0 Å². The van der Waals surface area contributed by atoms with Gasteiger partial charge < -0.3 is 20.7 Å². The van der Waals surface area contributed by atoms with Crippen LogP contribution in [0.15, 0.2) is 0 Å². The van der Waals surface area contributed by atoms with Gasteiger partial charge in [0.15, 0.2) is 0 Å². The summed E-state index contributed by atoms with van der Waals surface area (Å²) >= 11 is 0. The number of hydrogen-bond acceptors (Lipinski definition) is 4. The highest BCUT2D eigenvalue weighted by Crippen LogP contribution is 2.49. The van der Waals surface area contributed by atoms with Crippen molar-refractivity contribution in [1.82, 2.24) is 10.2 Å². The zero-order valence-corrected chi connectivity index (χ0v) is 14.5. The molecule has 3 N–H and O–H groups in total. The number of likely N-dealkylation sites (tertiary alicyclic amines) is 1. The maximum Gasteiger partial charge on any atom is 0.240 e. The predicted molar refractivity (Wildman–Crippen MR) is 88.6 cm³/mol. The SMILES string of the molecule is CCOC1CC(N)(C(=O)NCCCN2CCCCC2)C1(C)C. The standard InChI is InChI=1S/C17H33N3O2/c1-4-22-14-13-17(18,16(14,2)3)15(21)19-9-8-12-20-10-6-5-7-11-20/h14H,4-13,18H2,1-3H3,(H,19,21). The second-order valence-electron chi connectivity index (χ2n) is 7.35. The van der Waals surface area contributed by atoms with Crippen LogP contribution in [0.2, 0.25) is 0 Å². The van der Waals surface area contributed by atoms with Crippen LogP contribution in [0.1, 0.15) is 52.9 Å². The molecule has 2 unspecified atom stereocenters. The van der Waals surface area contributed by atoms with E-state index in [9.17, 15) is 4.79 Å². The van der Waals surface area contributed by atoms with E-state index in [1.165, 1.54) is 32.4 Å². The fourth-order valence-corrected chi connectivity index (χ4v) is 3.67. The number of carbonyl (C=O) groups excluding carboxylic acids is 1. The molecule has 1 saturated heterocycles. The van der Waals surface area contributed by atoms with Crippen LogP contribution in [0, 0.1) is 5.41 Å². The first-order chi connectivity index (χ1) is 10.4. The monoisotopic (exact) mass is 311 g/mol. The summed E-state index contributed by atoms with van der Waals surface area (Å²) in [7, 11) is 0. The van der Waals surface area contributed by atoms with Gasteiger partial charge >= 0.3 is 0 Å². The highest BCUT2D eigenvalue weighted by atomic mass is 16.5. The van der Waals surface area contributed by atoms with E-state index >= 15 is 0 Å². The molecule has 128 valence electrons. The molecular weight excluding hydrogens is 278 g/mol. The van der Waals surface area contributed by atoms with Crippen LogP contribution in [0.5, 0.6) is 0 Å². The van der Waals surface area contributed by atoms with Gasteiger partial charge in [-0.15, -0.1) is 0 Å². The summed E-state index contributed by atoms with van der Waals surface area (Å²) < 4.78 is 5.68. The lowest BCUT2D eigenvalue weighted by atomic mass is 9.54. The molecule has 0 aromatic carbocycles. The molecule has 1 saturated carbocycles. The van der Waals surface area contributed by atoms with Gasteiger partial charge in [0.1, 0.15) is 5.54 Å². The Hall–Kier alpha value is -0.650. The molecule has 2 rings (SSSR count). The van der Waals surface area contributed by atoms with E-state index in [0.717, 1.165) is 13.0 Å². The minimum atomic E-state index is -0.794. The second-order valence-corrected chi connectivity index (χ2v) is 7.35. The van der Waals surface area contributed by atoms with Gasteiger partial charge in [0.05, 0.1) is 6.10 Å². The van der Waals surface area contributed by atoms with E-state index in [0.29, 0.717) is 19.6 Å². The minimum absolute atomic E-state index is 0.0212. The fourth-order valence-electron chi connectivity index (χ4n) is 3.67. The number of amides is 1.